The lowest BCUT2D eigenvalue weighted by Crippen LogP contribution is -2.09. The van der Waals surface area contributed by atoms with Gasteiger partial charge < -0.3 is 9.57 Å². The van der Waals surface area contributed by atoms with Crippen molar-refractivity contribution >= 4 is 23.1 Å². The third kappa shape index (κ3) is 5.30. The molecule has 0 N–H and O–H groups in total. The summed E-state index contributed by atoms with van der Waals surface area (Å²) in [6.45, 7) is 0. The standard InChI is InChI=1S/C22H17N3O7/c1-31-21-12-9-17(14-20(21)25(29)30)22(26)32-23-19(16-5-3-2-4-6-16)13-15-7-10-18(11-8-15)24(27)28/h2-12,14H,13H2,1H3/b23-19+. The number of carbonyl (C=O) groups excluding carboxylic acids is 1. The Hall–Kier alpha value is -4.60. The minimum absolute atomic E-state index is 0.0122. The molecule has 0 unspecified atom stereocenters. The summed E-state index contributed by atoms with van der Waals surface area (Å²) in [6, 6.07) is 18.6. The van der Waals surface area contributed by atoms with E-state index in [9.17, 15) is 25.0 Å². The second-order valence-corrected chi connectivity index (χ2v) is 6.53. The van der Waals surface area contributed by atoms with E-state index in [0.717, 1.165) is 6.07 Å². The summed E-state index contributed by atoms with van der Waals surface area (Å²) >= 11 is 0. The van der Waals surface area contributed by atoms with Crippen LogP contribution in [0.5, 0.6) is 5.75 Å². The summed E-state index contributed by atoms with van der Waals surface area (Å²) in [6.07, 6.45) is 0.234. The first-order chi connectivity index (χ1) is 15.4. The number of carbonyl (C=O) groups is 1. The number of methoxy groups -OCH3 is 1. The summed E-state index contributed by atoms with van der Waals surface area (Å²) in [5.41, 5.74) is 1.31. The number of ether oxygens (including phenoxy) is 1. The molecule has 0 aliphatic rings. The van der Waals surface area contributed by atoms with Crippen LogP contribution in [0.2, 0.25) is 0 Å². The Labute approximate surface area is 182 Å². The van der Waals surface area contributed by atoms with Gasteiger partial charge in [0.15, 0.2) is 5.75 Å². The average molecular weight is 435 g/mol. The van der Waals surface area contributed by atoms with Gasteiger partial charge in [-0.25, -0.2) is 4.79 Å². The number of non-ortho nitro benzene ring substituents is 1. The van der Waals surface area contributed by atoms with E-state index in [0.29, 0.717) is 16.8 Å². The predicted octanol–water partition coefficient (Wildman–Crippen LogP) is 4.32. The molecule has 3 rings (SSSR count). The van der Waals surface area contributed by atoms with Crippen molar-refractivity contribution in [3.8, 4) is 5.75 Å². The van der Waals surface area contributed by atoms with Gasteiger partial charge in [-0.05, 0) is 23.3 Å². The van der Waals surface area contributed by atoms with Gasteiger partial charge in [0.1, 0.15) is 0 Å². The normalized spacial score (nSPS) is 11.0. The number of nitro groups is 2. The molecule has 10 nitrogen and oxygen atoms in total. The molecule has 0 spiro atoms. The van der Waals surface area contributed by atoms with Crippen LogP contribution >= 0.6 is 0 Å². The zero-order valence-corrected chi connectivity index (χ0v) is 16.8. The van der Waals surface area contributed by atoms with Gasteiger partial charge in [0, 0.05) is 24.6 Å². The largest absolute Gasteiger partial charge is 0.490 e. The molecule has 0 heterocycles. The van der Waals surface area contributed by atoms with E-state index >= 15 is 0 Å². The van der Waals surface area contributed by atoms with Crippen molar-refractivity contribution in [1.29, 1.82) is 0 Å². The minimum Gasteiger partial charge on any atom is -0.490 e. The van der Waals surface area contributed by atoms with Gasteiger partial charge in [-0.1, -0.05) is 47.6 Å². The molecule has 0 aliphatic heterocycles. The molecule has 0 amide bonds. The van der Waals surface area contributed by atoms with E-state index in [-0.39, 0.29) is 29.1 Å². The molecule has 0 saturated carbocycles. The summed E-state index contributed by atoms with van der Waals surface area (Å²) < 4.78 is 4.92. The molecule has 32 heavy (non-hydrogen) atoms. The number of hydrogen-bond acceptors (Lipinski definition) is 8. The number of rotatable bonds is 8. The Bertz CT molecular complexity index is 1180. The zero-order valence-electron chi connectivity index (χ0n) is 16.8. The number of nitro benzene ring substituents is 2. The number of oxime groups is 1. The van der Waals surface area contributed by atoms with Gasteiger partial charge in [0.05, 0.1) is 28.2 Å². The van der Waals surface area contributed by atoms with Crippen LogP contribution in [-0.2, 0) is 11.3 Å². The SMILES string of the molecule is COc1ccc(C(=O)O/N=C(\Cc2ccc([N+](=O)[O-])cc2)c2ccccc2)cc1[N+](=O)[O-]. The van der Waals surface area contributed by atoms with Crippen LogP contribution in [0.3, 0.4) is 0 Å². The molecular weight excluding hydrogens is 418 g/mol. The molecule has 0 bridgehead atoms. The van der Waals surface area contributed by atoms with Crippen LogP contribution in [0.15, 0.2) is 78.0 Å². The number of hydrogen-bond donors (Lipinski definition) is 0. The fraction of sp³-hybridized carbons (Fsp3) is 0.0909. The van der Waals surface area contributed by atoms with Crippen LogP contribution in [-0.4, -0.2) is 28.6 Å². The second-order valence-electron chi connectivity index (χ2n) is 6.53. The summed E-state index contributed by atoms with van der Waals surface area (Å²) in [5, 5.41) is 26.0. The summed E-state index contributed by atoms with van der Waals surface area (Å²) in [5.74, 6) is -0.869. The topological polar surface area (TPSA) is 134 Å². The first-order valence-corrected chi connectivity index (χ1v) is 9.28. The molecule has 0 atom stereocenters. The molecule has 3 aromatic rings. The van der Waals surface area contributed by atoms with E-state index in [1.807, 2.05) is 6.07 Å². The van der Waals surface area contributed by atoms with E-state index < -0.39 is 15.8 Å². The van der Waals surface area contributed by atoms with Crippen molar-refractivity contribution in [2.75, 3.05) is 7.11 Å². The molecule has 10 heteroatoms. The Balaban J connectivity index is 1.86. The highest BCUT2D eigenvalue weighted by atomic mass is 16.7. The predicted molar refractivity (Wildman–Crippen MR) is 115 cm³/mol. The Morgan fingerprint density at radius 3 is 2.19 bits per heavy atom. The van der Waals surface area contributed by atoms with Gasteiger partial charge in [-0.3, -0.25) is 20.2 Å². The zero-order chi connectivity index (χ0) is 23.1. The fourth-order valence-corrected chi connectivity index (χ4v) is 2.86. The van der Waals surface area contributed by atoms with Crippen molar-refractivity contribution in [2.24, 2.45) is 5.16 Å². The van der Waals surface area contributed by atoms with E-state index in [1.165, 1.54) is 31.4 Å². The number of benzene rings is 3. The molecular formula is C22H17N3O7. The van der Waals surface area contributed by atoms with Crippen LogP contribution in [0.4, 0.5) is 11.4 Å². The second kappa shape index (κ2) is 9.94. The van der Waals surface area contributed by atoms with Gasteiger partial charge in [0.25, 0.3) is 5.69 Å². The third-order valence-electron chi connectivity index (χ3n) is 4.48. The monoisotopic (exact) mass is 435 g/mol. The molecule has 0 saturated heterocycles. The molecule has 0 radical (unpaired) electrons. The highest BCUT2D eigenvalue weighted by Gasteiger charge is 2.19. The van der Waals surface area contributed by atoms with Crippen LogP contribution in [0.1, 0.15) is 21.5 Å². The van der Waals surface area contributed by atoms with Crippen LogP contribution in [0, 0.1) is 20.2 Å². The van der Waals surface area contributed by atoms with Crippen molar-refractivity contribution in [3.05, 3.63) is 110 Å². The molecule has 0 aromatic heterocycles. The van der Waals surface area contributed by atoms with E-state index in [1.54, 1.807) is 36.4 Å². The van der Waals surface area contributed by atoms with Gasteiger partial charge in [0.2, 0.25) is 0 Å². The quantitative estimate of drug-likeness (QED) is 0.223. The molecule has 162 valence electrons. The Kier molecular flexibility index (Phi) is 6.86. The summed E-state index contributed by atoms with van der Waals surface area (Å²) in [4.78, 5) is 38.4. The number of nitrogens with zero attached hydrogens (tertiary/aromatic N) is 3. The lowest BCUT2D eigenvalue weighted by molar-refractivity contribution is -0.385. The maximum atomic E-state index is 12.5. The average Bonchev–Trinajstić information content (AvgIpc) is 2.81. The van der Waals surface area contributed by atoms with E-state index in [2.05, 4.69) is 5.16 Å². The van der Waals surface area contributed by atoms with Crippen molar-refractivity contribution in [3.63, 3.8) is 0 Å². The van der Waals surface area contributed by atoms with Crippen molar-refractivity contribution < 1.29 is 24.2 Å². The van der Waals surface area contributed by atoms with Crippen LogP contribution in [0.25, 0.3) is 0 Å². The highest BCUT2D eigenvalue weighted by molar-refractivity contribution is 6.02. The summed E-state index contributed by atoms with van der Waals surface area (Å²) in [7, 11) is 1.29. The maximum absolute atomic E-state index is 12.5. The van der Waals surface area contributed by atoms with Gasteiger partial charge >= 0.3 is 11.7 Å². The highest BCUT2D eigenvalue weighted by Crippen LogP contribution is 2.27. The Morgan fingerprint density at radius 2 is 1.59 bits per heavy atom. The minimum atomic E-state index is -0.882. The Morgan fingerprint density at radius 1 is 0.906 bits per heavy atom. The third-order valence-corrected chi connectivity index (χ3v) is 4.48. The lowest BCUT2D eigenvalue weighted by Gasteiger charge is -2.07. The van der Waals surface area contributed by atoms with Gasteiger partial charge in [-0.15, -0.1) is 0 Å². The van der Waals surface area contributed by atoms with Crippen molar-refractivity contribution in [1.82, 2.24) is 0 Å². The van der Waals surface area contributed by atoms with Crippen LogP contribution < -0.4 is 4.74 Å². The fourth-order valence-electron chi connectivity index (χ4n) is 2.86. The lowest BCUT2D eigenvalue weighted by atomic mass is 10.0. The van der Waals surface area contributed by atoms with Crippen molar-refractivity contribution in [2.45, 2.75) is 6.42 Å². The molecule has 0 aliphatic carbocycles. The maximum Gasteiger partial charge on any atom is 0.365 e. The first-order valence-electron chi connectivity index (χ1n) is 9.28. The molecule has 3 aromatic carbocycles. The van der Waals surface area contributed by atoms with E-state index in [4.69, 9.17) is 9.57 Å². The van der Waals surface area contributed by atoms with Gasteiger partial charge in [-0.2, -0.15) is 0 Å². The first kappa shape index (κ1) is 22.1. The smallest absolute Gasteiger partial charge is 0.365 e. The molecule has 0 fully saturated rings.